The molecule has 192 valence electrons. The third-order valence-corrected chi connectivity index (χ3v) is 8.35. The average molecular weight is 518 g/mol. The molecule has 5 heterocycles. The lowest BCUT2D eigenvalue weighted by molar-refractivity contribution is 0.0939. The lowest BCUT2D eigenvalue weighted by atomic mass is 10.0. The van der Waals surface area contributed by atoms with Crippen molar-refractivity contribution in [2.45, 2.75) is 46.1 Å². The van der Waals surface area contributed by atoms with E-state index in [1.54, 1.807) is 16.9 Å². The smallest absolute Gasteiger partial charge is 0.253 e. The maximum Gasteiger partial charge on any atom is 0.253 e. The number of amides is 2. The van der Waals surface area contributed by atoms with Crippen LogP contribution in [0.2, 0.25) is 0 Å². The summed E-state index contributed by atoms with van der Waals surface area (Å²) in [4.78, 5) is 38.1. The van der Waals surface area contributed by atoms with Crippen molar-refractivity contribution in [2.75, 3.05) is 19.6 Å². The van der Waals surface area contributed by atoms with E-state index < -0.39 is 5.91 Å². The summed E-state index contributed by atoms with van der Waals surface area (Å²) < 4.78 is 1.71. The van der Waals surface area contributed by atoms with Gasteiger partial charge in [-0.2, -0.15) is 5.10 Å². The first-order valence-electron chi connectivity index (χ1n) is 12.4. The van der Waals surface area contributed by atoms with Gasteiger partial charge in [-0.25, -0.2) is 4.52 Å². The topological polar surface area (TPSA) is 119 Å². The Morgan fingerprint density at radius 3 is 2.65 bits per heavy atom. The zero-order chi connectivity index (χ0) is 26.3. The maximum absolute atomic E-state index is 13.1. The number of rotatable bonds is 7. The van der Waals surface area contributed by atoms with E-state index in [-0.39, 0.29) is 11.4 Å². The van der Waals surface area contributed by atoms with Gasteiger partial charge in [-0.3, -0.25) is 24.5 Å². The Balaban J connectivity index is 1.50. The summed E-state index contributed by atoms with van der Waals surface area (Å²) in [5.74, 6) is -0.713. The largest absolute Gasteiger partial charge is 0.365 e. The molecule has 4 aromatic rings. The van der Waals surface area contributed by atoms with Crippen molar-refractivity contribution in [1.82, 2.24) is 29.8 Å². The molecule has 0 aromatic carbocycles. The Hall–Kier alpha value is -3.63. The first-order valence-corrected chi connectivity index (χ1v) is 13.2. The van der Waals surface area contributed by atoms with Gasteiger partial charge in [-0.1, -0.05) is 6.07 Å². The Kier molecular flexibility index (Phi) is 6.55. The molecule has 9 nitrogen and oxygen atoms in total. The van der Waals surface area contributed by atoms with Crippen LogP contribution in [0.5, 0.6) is 0 Å². The number of aromatic nitrogens is 4. The van der Waals surface area contributed by atoms with E-state index in [0.29, 0.717) is 22.5 Å². The van der Waals surface area contributed by atoms with Gasteiger partial charge in [0.2, 0.25) is 0 Å². The Labute approximate surface area is 219 Å². The van der Waals surface area contributed by atoms with Gasteiger partial charge in [0.25, 0.3) is 11.8 Å². The molecule has 0 radical (unpaired) electrons. The van der Waals surface area contributed by atoms with Gasteiger partial charge in [0.15, 0.2) is 0 Å². The number of nitrogens with one attached hydrogen (secondary N) is 1. The van der Waals surface area contributed by atoms with Crippen molar-refractivity contribution < 1.29 is 9.59 Å². The molecule has 3 N–H and O–H groups in total. The molecule has 1 saturated heterocycles. The molecule has 0 unspecified atom stereocenters. The fourth-order valence-electron chi connectivity index (χ4n) is 4.92. The Morgan fingerprint density at radius 2 is 1.97 bits per heavy atom. The van der Waals surface area contributed by atoms with E-state index >= 15 is 0 Å². The minimum Gasteiger partial charge on any atom is -0.365 e. The van der Waals surface area contributed by atoms with Crippen molar-refractivity contribution in [2.24, 2.45) is 5.73 Å². The molecule has 1 aliphatic rings. The third-order valence-electron chi connectivity index (χ3n) is 7.13. The predicted octanol–water partition coefficient (Wildman–Crippen LogP) is 3.84. The second-order valence-electron chi connectivity index (χ2n) is 10.1. The molecule has 0 atom stereocenters. The second kappa shape index (κ2) is 9.68. The molecule has 0 bridgehead atoms. The Morgan fingerprint density at radius 1 is 1.16 bits per heavy atom. The standard InChI is InChI=1S/C27H31N7O2S/c1-16-6-7-18(13-30-16)23-22(34-26(37-23)21(15-32-34)24(28)35)20-12-19(14-31-17(20)2)25(36)29-9-11-33-10-5-8-27(33,3)4/h6-7,12-15H,5,8-11H2,1-4H3,(H2,28,35)(H,29,36). The van der Waals surface area contributed by atoms with Gasteiger partial charge in [0, 0.05) is 53.5 Å². The van der Waals surface area contributed by atoms with Gasteiger partial charge in [-0.05, 0) is 59.2 Å². The van der Waals surface area contributed by atoms with Crippen molar-refractivity contribution in [3.8, 4) is 21.7 Å². The van der Waals surface area contributed by atoms with Crippen LogP contribution in [0.1, 0.15) is 58.8 Å². The zero-order valence-corrected chi connectivity index (χ0v) is 22.4. The van der Waals surface area contributed by atoms with Crippen LogP contribution in [0.3, 0.4) is 0 Å². The molecule has 2 amide bonds. The SMILES string of the molecule is Cc1ccc(-c2sc3c(C(N)=O)cnn3c2-c2cc(C(=O)NCCN3CCCC3(C)C)cnc2C)cn1. The van der Waals surface area contributed by atoms with Crippen molar-refractivity contribution in [1.29, 1.82) is 0 Å². The summed E-state index contributed by atoms with van der Waals surface area (Å²) in [5.41, 5.74) is 10.6. The van der Waals surface area contributed by atoms with E-state index in [1.807, 2.05) is 32.0 Å². The van der Waals surface area contributed by atoms with E-state index in [9.17, 15) is 9.59 Å². The van der Waals surface area contributed by atoms with Gasteiger partial charge in [-0.15, -0.1) is 11.3 Å². The minimum absolute atomic E-state index is 0.169. The molecule has 1 aliphatic heterocycles. The first-order chi connectivity index (χ1) is 17.7. The highest BCUT2D eigenvalue weighted by molar-refractivity contribution is 7.21. The predicted molar refractivity (Wildman–Crippen MR) is 145 cm³/mol. The van der Waals surface area contributed by atoms with Gasteiger partial charge in [0.05, 0.1) is 27.9 Å². The summed E-state index contributed by atoms with van der Waals surface area (Å²) in [6, 6.07) is 5.77. The maximum atomic E-state index is 13.1. The van der Waals surface area contributed by atoms with Crippen LogP contribution in [0, 0.1) is 13.8 Å². The summed E-state index contributed by atoms with van der Waals surface area (Å²) in [6.07, 6.45) is 7.24. The van der Waals surface area contributed by atoms with E-state index in [1.165, 1.54) is 30.4 Å². The summed E-state index contributed by atoms with van der Waals surface area (Å²) >= 11 is 1.42. The molecule has 37 heavy (non-hydrogen) atoms. The number of carbonyl (C=O) groups is 2. The molecular weight excluding hydrogens is 486 g/mol. The number of aryl methyl sites for hydroxylation is 2. The summed E-state index contributed by atoms with van der Waals surface area (Å²) in [6.45, 7) is 10.8. The first kappa shape index (κ1) is 25.0. The van der Waals surface area contributed by atoms with Crippen LogP contribution < -0.4 is 11.1 Å². The van der Waals surface area contributed by atoms with E-state index in [0.717, 1.165) is 46.2 Å². The number of nitrogens with two attached hydrogens (primary N) is 1. The van der Waals surface area contributed by atoms with Crippen LogP contribution in [-0.2, 0) is 0 Å². The van der Waals surface area contributed by atoms with Crippen LogP contribution in [0.4, 0.5) is 0 Å². The molecule has 1 fully saturated rings. The zero-order valence-electron chi connectivity index (χ0n) is 21.5. The average Bonchev–Trinajstić information content (AvgIpc) is 3.53. The molecule has 0 aliphatic carbocycles. The van der Waals surface area contributed by atoms with Crippen molar-refractivity contribution >= 4 is 28.0 Å². The monoisotopic (exact) mass is 517 g/mol. The number of pyridine rings is 2. The number of primary amides is 1. The molecule has 5 rings (SSSR count). The normalized spacial score (nSPS) is 15.4. The number of hydrogen-bond acceptors (Lipinski definition) is 7. The molecule has 4 aromatic heterocycles. The number of nitrogens with zero attached hydrogens (tertiary/aromatic N) is 5. The quantitative estimate of drug-likeness (QED) is 0.385. The van der Waals surface area contributed by atoms with Crippen molar-refractivity contribution in [3.05, 3.63) is 59.3 Å². The van der Waals surface area contributed by atoms with Gasteiger partial charge >= 0.3 is 0 Å². The fourth-order valence-corrected chi connectivity index (χ4v) is 6.13. The van der Waals surface area contributed by atoms with Gasteiger partial charge < -0.3 is 11.1 Å². The summed E-state index contributed by atoms with van der Waals surface area (Å²) in [5, 5.41) is 7.53. The number of thiazole rings is 1. The number of likely N-dealkylation sites (tertiary alicyclic amines) is 1. The van der Waals surface area contributed by atoms with Gasteiger partial charge in [0.1, 0.15) is 4.83 Å². The highest BCUT2D eigenvalue weighted by atomic mass is 32.1. The second-order valence-corrected chi connectivity index (χ2v) is 11.1. The van der Waals surface area contributed by atoms with E-state index in [2.05, 4.69) is 39.1 Å². The number of carbonyl (C=O) groups excluding carboxylic acids is 2. The lowest BCUT2D eigenvalue weighted by Crippen LogP contribution is -2.43. The third kappa shape index (κ3) is 4.74. The number of fused-ring (bicyclic) bond motifs is 1. The van der Waals surface area contributed by atoms with Crippen LogP contribution >= 0.6 is 11.3 Å². The van der Waals surface area contributed by atoms with Crippen LogP contribution in [0.25, 0.3) is 26.5 Å². The molecule has 0 spiro atoms. The van der Waals surface area contributed by atoms with Crippen molar-refractivity contribution in [3.63, 3.8) is 0 Å². The summed E-state index contributed by atoms with van der Waals surface area (Å²) in [7, 11) is 0. The number of hydrogen-bond donors (Lipinski definition) is 2. The highest BCUT2D eigenvalue weighted by Gasteiger charge is 2.31. The van der Waals surface area contributed by atoms with Crippen LogP contribution in [-0.4, -0.2) is 61.5 Å². The van der Waals surface area contributed by atoms with Crippen LogP contribution in [0.15, 0.2) is 36.8 Å². The highest BCUT2D eigenvalue weighted by Crippen LogP contribution is 2.41. The molecule has 10 heteroatoms. The fraction of sp³-hybridized carbons (Fsp3) is 0.370. The minimum atomic E-state index is -0.541. The lowest BCUT2D eigenvalue weighted by Gasteiger charge is -2.31. The Bertz CT molecular complexity index is 1490. The molecule has 0 saturated carbocycles. The molecular formula is C27H31N7O2S. The van der Waals surface area contributed by atoms with E-state index in [4.69, 9.17) is 5.73 Å².